The number of carboxylic acids is 2. The number of carboxylic acid groups (broad SMARTS) is 2. The number of hydrogen-bond acceptors (Lipinski definition) is 5. The molecule has 8 heteroatoms. The van der Waals surface area contributed by atoms with E-state index in [4.69, 9.17) is 9.84 Å². The summed E-state index contributed by atoms with van der Waals surface area (Å²) in [6.45, 7) is 0.655. The summed E-state index contributed by atoms with van der Waals surface area (Å²) in [7, 11) is 1.52. The Balaban J connectivity index is 1.88. The lowest BCUT2D eigenvalue weighted by atomic mass is 9.94. The van der Waals surface area contributed by atoms with Crippen molar-refractivity contribution in [1.82, 2.24) is 5.32 Å². The third-order valence-electron chi connectivity index (χ3n) is 6.79. The third-order valence-corrected chi connectivity index (χ3v) is 6.79. The molecule has 0 aliphatic rings. The van der Waals surface area contributed by atoms with Crippen LogP contribution in [0.2, 0.25) is 0 Å². The maximum Gasteiger partial charge on any atom is 0.335 e. The predicted molar refractivity (Wildman–Crippen MR) is 148 cm³/mol. The van der Waals surface area contributed by atoms with Crippen LogP contribution in [0.25, 0.3) is 0 Å². The van der Waals surface area contributed by atoms with Crippen LogP contribution in [0.4, 0.5) is 0 Å². The van der Waals surface area contributed by atoms with Gasteiger partial charge in [-0.2, -0.15) is 0 Å². The van der Waals surface area contributed by atoms with Crippen molar-refractivity contribution in [2.24, 2.45) is 5.92 Å². The lowest BCUT2D eigenvalue weighted by molar-refractivity contribution is -0.144. The largest absolute Gasteiger partial charge is 0.494 e. The monoisotopic (exact) mass is 533 g/mol. The highest BCUT2D eigenvalue weighted by molar-refractivity contribution is 5.87. The van der Waals surface area contributed by atoms with Gasteiger partial charge in [0.1, 0.15) is 11.5 Å². The molecule has 214 valence electrons. The second-order valence-corrected chi connectivity index (χ2v) is 10.0. The molecule has 0 unspecified atom stereocenters. The maximum absolute atomic E-state index is 12.1. The first-order valence-electron chi connectivity index (χ1n) is 14.2. The second kappa shape index (κ2) is 21.1. The number of aliphatic carboxylic acids is 1. The maximum atomic E-state index is 12.1. The summed E-state index contributed by atoms with van der Waals surface area (Å²) >= 11 is 0. The van der Waals surface area contributed by atoms with Gasteiger partial charge in [0.25, 0.3) is 0 Å². The van der Waals surface area contributed by atoms with E-state index in [0.29, 0.717) is 18.8 Å². The molecule has 1 aromatic carbocycles. The minimum Gasteiger partial charge on any atom is -0.494 e. The summed E-state index contributed by atoms with van der Waals surface area (Å²) in [5.41, 5.74) is 0.267. The Labute approximate surface area is 227 Å². The molecular formula is C30H47NO7. The first-order valence-corrected chi connectivity index (χ1v) is 14.2. The Morgan fingerprint density at radius 2 is 1.24 bits per heavy atom. The van der Waals surface area contributed by atoms with Gasteiger partial charge in [0.05, 0.1) is 18.1 Å². The van der Waals surface area contributed by atoms with Crippen LogP contribution in [-0.4, -0.2) is 47.5 Å². The molecule has 0 bridgehead atoms. The minimum absolute atomic E-state index is 0.0185. The molecule has 0 radical (unpaired) electrons. The Kier molecular flexibility index (Phi) is 18.4. The fourth-order valence-electron chi connectivity index (χ4n) is 4.37. The van der Waals surface area contributed by atoms with E-state index in [0.717, 1.165) is 32.1 Å². The number of ether oxygens (including phenoxy) is 1. The molecule has 0 aromatic heterocycles. The molecule has 0 aliphatic carbocycles. The number of nitrogens with one attached hydrogen (secondary N) is 1. The summed E-state index contributed by atoms with van der Waals surface area (Å²) < 4.78 is 5.66. The molecule has 0 fully saturated rings. The van der Waals surface area contributed by atoms with Gasteiger partial charge in [-0.15, -0.1) is 0 Å². The van der Waals surface area contributed by atoms with Crippen molar-refractivity contribution in [3.8, 4) is 5.75 Å². The van der Waals surface area contributed by atoms with Crippen molar-refractivity contribution in [3.63, 3.8) is 0 Å². The normalized spacial score (nSPS) is 11.6. The molecule has 0 aliphatic heterocycles. The average molecular weight is 534 g/mol. The molecule has 8 nitrogen and oxygen atoms in total. The molecule has 0 saturated heterocycles. The van der Waals surface area contributed by atoms with Crippen molar-refractivity contribution < 1.29 is 34.1 Å². The highest BCUT2D eigenvalue weighted by Crippen LogP contribution is 2.17. The fourth-order valence-corrected chi connectivity index (χ4v) is 4.37. The van der Waals surface area contributed by atoms with Gasteiger partial charge in [-0.3, -0.25) is 14.4 Å². The molecule has 0 saturated carbocycles. The highest BCUT2D eigenvalue weighted by atomic mass is 16.5. The molecular weight excluding hydrogens is 486 g/mol. The van der Waals surface area contributed by atoms with E-state index < -0.39 is 17.9 Å². The van der Waals surface area contributed by atoms with Gasteiger partial charge in [0.15, 0.2) is 0 Å². The summed E-state index contributed by atoms with van der Waals surface area (Å²) in [6.07, 6.45) is 15.7. The number of ketones is 1. The first kappa shape index (κ1) is 33.1. The molecule has 1 atom stereocenters. The number of Topliss-reactive ketones (excluding diaryl/α,β-unsaturated/α-hetero) is 1. The van der Waals surface area contributed by atoms with Crippen molar-refractivity contribution in [1.29, 1.82) is 0 Å². The van der Waals surface area contributed by atoms with Gasteiger partial charge in [0.2, 0.25) is 5.91 Å². The quantitative estimate of drug-likeness (QED) is 0.131. The van der Waals surface area contributed by atoms with Crippen molar-refractivity contribution in [2.75, 3.05) is 13.7 Å². The van der Waals surface area contributed by atoms with E-state index in [1.165, 1.54) is 58.4 Å². The van der Waals surface area contributed by atoms with Crippen LogP contribution >= 0.6 is 0 Å². The number of amides is 1. The Bertz CT molecular complexity index is 822. The van der Waals surface area contributed by atoms with Crippen LogP contribution in [-0.2, 0) is 14.4 Å². The molecule has 0 heterocycles. The van der Waals surface area contributed by atoms with E-state index in [9.17, 15) is 24.3 Å². The zero-order chi connectivity index (χ0) is 28.0. The van der Waals surface area contributed by atoms with Gasteiger partial charge >= 0.3 is 11.9 Å². The zero-order valence-electron chi connectivity index (χ0n) is 23.1. The van der Waals surface area contributed by atoms with E-state index in [1.54, 1.807) is 24.3 Å². The predicted octanol–water partition coefficient (Wildman–Crippen LogP) is 6.41. The van der Waals surface area contributed by atoms with Crippen LogP contribution in [0.1, 0.15) is 120 Å². The summed E-state index contributed by atoms with van der Waals surface area (Å²) in [4.78, 5) is 45.6. The van der Waals surface area contributed by atoms with Crippen molar-refractivity contribution in [2.45, 2.75) is 109 Å². The van der Waals surface area contributed by atoms with E-state index in [-0.39, 0.29) is 36.5 Å². The summed E-state index contributed by atoms with van der Waals surface area (Å²) in [5.74, 6) is -2.22. The number of hydrogen-bond donors (Lipinski definition) is 3. The molecule has 1 rings (SSSR count). The molecule has 1 aromatic rings. The van der Waals surface area contributed by atoms with Gasteiger partial charge < -0.3 is 20.3 Å². The number of carbonyl (C=O) groups excluding carboxylic acids is 2. The lowest BCUT2D eigenvalue weighted by Crippen LogP contribution is -2.23. The van der Waals surface area contributed by atoms with Gasteiger partial charge in [0, 0.05) is 26.3 Å². The molecule has 0 spiro atoms. The Hall–Kier alpha value is -2.90. The van der Waals surface area contributed by atoms with E-state index >= 15 is 0 Å². The topological polar surface area (TPSA) is 130 Å². The Morgan fingerprint density at radius 1 is 0.737 bits per heavy atom. The van der Waals surface area contributed by atoms with E-state index in [1.807, 2.05) is 0 Å². The zero-order valence-corrected chi connectivity index (χ0v) is 23.1. The number of rotatable bonds is 24. The summed E-state index contributed by atoms with van der Waals surface area (Å²) in [5, 5.41) is 20.6. The van der Waals surface area contributed by atoms with Crippen LogP contribution in [0.15, 0.2) is 24.3 Å². The van der Waals surface area contributed by atoms with Gasteiger partial charge in [-0.1, -0.05) is 70.6 Å². The third kappa shape index (κ3) is 16.8. The van der Waals surface area contributed by atoms with Crippen LogP contribution in [0, 0.1) is 5.92 Å². The van der Waals surface area contributed by atoms with Gasteiger partial charge in [-0.25, -0.2) is 4.79 Å². The fraction of sp³-hybridized carbons (Fsp3) is 0.667. The number of unbranched alkanes of at least 4 members (excludes halogenated alkanes) is 12. The highest BCUT2D eigenvalue weighted by Gasteiger charge is 2.21. The molecule has 3 N–H and O–H groups in total. The van der Waals surface area contributed by atoms with Gasteiger partial charge in [-0.05, 0) is 43.5 Å². The second-order valence-electron chi connectivity index (χ2n) is 10.0. The SMILES string of the molecule is CNC(=O)CC[C@H](CC(=O)CCCCCCCCCCCCCCCOc1ccc(C(=O)O)cc1)C(=O)O. The summed E-state index contributed by atoms with van der Waals surface area (Å²) in [6, 6.07) is 6.51. The first-order chi connectivity index (χ1) is 18.3. The lowest BCUT2D eigenvalue weighted by Gasteiger charge is -2.11. The van der Waals surface area contributed by atoms with Crippen LogP contribution in [0.3, 0.4) is 0 Å². The average Bonchev–Trinajstić information content (AvgIpc) is 2.90. The standard InChI is InChI=1S/C30H47NO7/c1-31-28(33)21-18-25(30(36)37)23-26(32)15-13-11-9-7-5-3-2-4-6-8-10-12-14-22-38-27-19-16-24(17-20-27)29(34)35/h16-17,19-20,25H,2-15,18,21-23H2,1H3,(H,31,33)(H,34,35)(H,36,37)/t25-/m1/s1. The smallest absolute Gasteiger partial charge is 0.335 e. The van der Waals surface area contributed by atoms with E-state index in [2.05, 4.69) is 5.32 Å². The molecule has 1 amide bonds. The minimum atomic E-state index is -1.00. The van der Waals surface area contributed by atoms with Crippen LogP contribution in [0.5, 0.6) is 5.75 Å². The number of benzene rings is 1. The van der Waals surface area contributed by atoms with Crippen molar-refractivity contribution in [3.05, 3.63) is 29.8 Å². The Morgan fingerprint density at radius 3 is 1.71 bits per heavy atom. The van der Waals surface area contributed by atoms with Crippen LogP contribution < -0.4 is 10.1 Å². The number of aromatic carboxylic acids is 1. The van der Waals surface area contributed by atoms with Crippen molar-refractivity contribution >= 4 is 23.6 Å². The molecule has 38 heavy (non-hydrogen) atoms. The number of carbonyl (C=O) groups is 4.